The van der Waals surface area contributed by atoms with Gasteiger partial charge in [-0.05, 0) is 54.4 Å². The Labute approximate surface area is 141 Å². The zero-order valence-corrected chi connectivity index (χ0v) is 15.4. The standard InChI is InChI=1S/C16H25BrClN3/c1-16(2,3)21-8-6-20(7-9-21)15(11-19)12-4-5-13(17)14(18)10-12/h4-5,10,15H,6-9,11,19H2,1-3H3. The van der Waals surface area contributed by atoms with E-state index >= 15 is 0 Å². The molecular formula is C16H25BrClN3. The van der Waals surface area contributed by atoms with Crippen molar-refractivity contribution in [2.45, 2.75) is 32.4 Å². The van der Waals surface area contributed by atoms with Gasteiger partial charge < -0.3 is 5.73 Å². The summed E-state index contributed by atoms with van der Waals surface area (Å²) in [7, 11) is 0. The summed E-state index contributed by atoms with van der Waals surface area (Å²) < 4.78 is 0.932. The number of hydrogen-bond donors (Lipinski definition) is 1. The molecule has 0 spiro atoms. The van der Waals surface area contributed by atoms with E-state index in [1.807, 2.05) is 12.1 Å². The van der Waals surface area contributed by atoms with Crippen molar-refractivity contribution in [1.29, 1.82) is 0 Å². The number of hydrogen-bond acceptors (Lipinski definition) is 3. The monoisotopic (exact) mass is 373 g/mol. The molecule has 0 aromatic heterocycles. The normalized spacial score (nSPS) is 19.7. The van der Waals surface area contributed by atoms with Gasteiger partial charge in [0, 0.05) is 48.8 Å². The molecule has 2 N–H and O–H groups in total. The first-order valence-corrected chi connectivity index (χ1v) is 8.64. The van der Waals surface area contributed by atoms with Gasteiger partial charge in [-0.3, -0.25) is 9.80 Å². The minimum Gasteiger partial charge on any atom is -0.329 e. The average Bonchev–Trinajstić information content (AvgIpc) is 2.43. The number of halogens is 2. The van der Waals surface area contributed by atoms with E-state index in [9.17, 15) is 0 Å². The topological polar surface area (TPSA) is 32.5 Å². The van der Waals surface area contributed by atoms with E-state index in [0.717, 1.165) is 35.7 Å². The molecule has 1 aromatic carbocycles. The van der Waals surface area contributed by atoms with Gasteiger partial charge >= 0.3 is 0 Å². The SMILES string of the molecule is CC(C)(C)N1CCN(C(CN)c2ccc(Br)c(Cl)c2)CC1. The Morgan fingerprint density at radius 3 is 2.33 bits per heavy atom. The van der Waals surface area contributed by atoms with Crippen LogP contribution in [0.5, 0.6) is 0 Å². The van der Waals surface area contributed by atoms with Crippen molar-refractivity contribution < 1.29 is 0 Å². The third-order valence-corrected chi connectivity index (χ3v) is 5.49. The molecule has 1 aliphatic heterocycles. The lowest BCUT2D eigenvalue weighted by molar-refractivity contribution is 0.0433. The quantitative estimate of drug-likeness (QED) is 0.878. The molecule has 3 nitrogen and oxygen atoms in total. The van der Waals surface area contributed by atoms with Gasteiger partial charge in [0.2, 0.25) is 0 Å². The number of benzene rings is 1. The maximum absolute atomic E-state index is 6.22. The summed E-state index contributed by atoms with van der Waals surface area (Å²) >= 11 is 9.67. The Bertz CT molecular complexity index is 479. The molecule has 0 amide bonds. The van der Waals surface area contributed by atoms with Crippen molar-refractivity contribution in [2.24, 2.45) is 5.73 Å². The van der Waals surface area contributed by atoms with Crippen LogP contribution in [0.1, 0.15) is 32.4 Å². The molecule has 0 radical (unpaired) electrons. The molecule has 21 heavy (non-hydrogen) atoms. The number of nitrogens with two attached hydrogens (primary N) is 1. The molecule has 0 aliphatic carbocycles. The third kappa shape index (κ3) is 4.20. The third-order valence-electron chi connectivity index (χ3n) is 4.26. The Morgan fingerprint density at radius 2 is 1.86 bits per heavy atom. The van der Waals surface area contributed by atoms with Crippen molar-refractivity contribution >= 4 is 27.5 Å². The highest BCUT2D eigenvalue weighted by Gasteiger charge is 2.29. The van der Waals surface area contributed by atoms with Crippen LogP contribution in [0, 0.1) is 0 Å². The highest BCUT2D eigenvalue weighted by Crippen LogP contribution is 2.29. The number of nitrogens with zero attached hydrogens (tertiary/aromatic N) is 2. The highest BCUT2D eigenvalue weighted by atomic mass is 79.9. The predicted octanol–water partition coefficient (Wildman–Crippen LogP) is 3.52. The fourth-order valence-electron chi connectivity index (χ4n) is 2.92. The molecule has 2 rings (SSSR count). The van der Waals surface area contributed by atoms with Crippen LogP contribution in [0.2, 0.25) is 5.02 Å². The Balaban J connectivity index is 2.07. The van der Waals surface area contributed by atoms with E-state index in [1.54, 1.807) is 0 Å². The van der Waals surface area contributed by atoms with Crippen LogP contribution in [-0.4, -0.2) is 48.1 Å². The summed E-state index contributed by atoms with van der Waals surface area (Å²) in [5, 5.41) is 0.749. The summed E-state index contributed by atoms with van der Waals surface area (Å²) in [5.41, 5.74) is 7.48. The zero-order valence-electron chi connectivity index (χ0n) is 13.1. The summed E-state index contributed by atoms with van der Waals surface area (Å²) in [4.78, 5) is 5.01. The molecule has 1 aliphatic rings. The van der Waals surface area contributed by atoms with Gasteiger partial charge in [-0.1, -0.05) is 17.7 Å². The molecule has 1 unspecified atom stereocenters. The summed E-state index contributed by atoms with van der Waals surface area (Å²) in [6, 6.07) is 6.40. The van der Waals surface area contributed by atoms with Gasteiger partial charge in [-0.2, -0.15) is 0 Å². The summed E-state index contributed by atoms with van der Waals surface area (Å²) in [6.07, 6.45) is 0. The molecule has 0 bridgehead atoms. The molecule has 118 valence electrons. The van der Waals surface area contributed by atoms with Gasteiger partial charge in [-0.25, -0.2) is 0 Å². The van der Waals surface area contributed by atoms with E-state index in [-0.39, 0.29) is 11.6 Å². The van der Waals surface area contributed by atoms with E-state index < -0.39 is 0 Å². The molecular weight excluding hydrogens is 350 g/mol. The average molecular weight is 375 g/mol. The van der Waals surface area contributed by atoms with Crippen molar-refractivity contribution in [3.05, 3.63) is 33.3 Å². The molecule has 1 atom stereocenters. The minimum absolute atomic E-state index is 0.241. The van der Waals surface area contributed by atoms with Crippen molar-refractivity contribution in [2.75, 3.05) is 32.7 Å². The second-order valence-electron chi connectivity index (χ2n) is 6.62. The Kier molecular flexibility index (Phi) is 5.71. The molecule has 1 aromatic rings. The van der Waals surface area contributed by atoms with Crippen LogP contribution < -0.4 is 5.73 Å². The van der Waals surface area contributed by atoms with Crippen molar-refractivity contribution in [3.8, 4) is 0 Å². The fourth-order valence-corrected chi connectivity index (χ4v) is 3.36. The minimum atomic E-state index is 0.241. The molecule has 5 heteroatoms. The van der Waals surface area contributed by atoms with Crippen LogP contribution in [0.4, 0.5) is 0 Å². The first-order chi connectivity index (χ1) is 9.82. The fraction of sp³-hybridized carbons (Fsp3) is 0.625. The largest absolute Gasteiger partial charge is 0.329 e. The Hall–Kier alpha value is -0.130. The predicted molar refractivity (Wildman–Crippen MR) is 93.8 cm³/mol. The van der Waals surface area contributed by atoms with Crippen LogP contribution in [-0.2, 0) is 0 Å². The molecule has 1 heterocycles. The summed E-state index contributed by atoms with van der Waals surface area (Å²) in [6.45, 7) is 11.7. The lowest BCUT2D eigenvalue weighted by atomic mass is 10.0. The van der Waals surface area contributed by atoms with Crippen molar-refractivity contribution in [1.82, 2.24) is 9.80 Å². The second kappa shape index (κ2) is 6.97. The number of rotatable bonds is 3. The van der Waals surface area contributed by atoms with Crippen LogP contribution in [0.15, 0.2) is 22.7 Å². The first-order valence-electron chi connectivity index (χ1n) is 7.47. The van der Waals surface area contributed by atoms with Gasteiger partial charge in [-0.15, -0.1) is 0 Å². The molecule has 0 saturated carbocycles. The van der Waals surface area contributed by atoms with Crippen molar-refractivity contribution in [3.63, 3.8) is 0 Å². The second-order valence-corrected chi connectivity index (χ2v) is 7.88. The lowest BCUT2D eigenvalue weighted by Crippen LogP contribution is -2.54. The maximum atomic E-state index is 6.22. The highest BCUT2D eigenvalue weighted by molar-refractivity contribution is 9.10. The summed E-state index contributed by atoms with van der Waals surface area (Å²) in [5.74, 6) is 0. The maximum Gasteiger partial charge on any atom is 0.0551 e. The first kappa shape index (κ1) is 17.2. The zero-order chi connectivity index (χ0) is 15.6. The van der Waals surface area contributed by atoms with Gasteiger partial charge in [0.05, 0.1) is 5.02 Å². The van der Waals surface area contributed by atoms with Gasteiger partial charge in [0.15, 0.2) is 0 Å². The Morgan fingerprint density at radius 1 is 1.24 bits per heavy atom. The molecule has 1 saturated heterocycles. The van der Waals surface area contributed by atoms with Gasteiger partial charge in [0.1, 0.15) is 0 Å². The van der Waals surface area contributed by atoms with E-state index in [2.05, 4.69) is 52.6 Å². The number of piperazine rings is 1. The smallest absolute Gasteiger partial charge is 0.0551 e. The van der Waals surface area contributed by atoms with Crippen LogP contribution in [0.25, 0.3) is 0 Å². The molecule has 1 fully saturated rings. The van der Waals surface area contributed by atoms with E-state index in [4.69, 9.17) is 17.3 Å². The van der Waals surface area contributed by atoms with E-state index in [0.29, 0.717) is 6.54 Å². The van der Waals surface area contributed by atoms with Crippen LogP contribution in [0.3, 0.4) is 0 Å². The van der Waals surface area contributed by atoms with E-state index in [1.165, 1.54) is 5.56 Å². The van der Waals surface area contributed by atoms with Gasteiger partial charge in [0.25, 0.3) is 0 Å². The lowest BCUT2D eigenvalue weighted by Gasteiger charge is -2.44. The van der Waals surface area contributed by atoms with Crippen LogP contribution >= 0.6 is 27.5 Å².